The molecule has 2 unspecified atom stereocenters. The van der Waals surface area contributed by atoms with Crippen molar-refractivity contribution in [2.75, 3.05) is 5.32 Å². The Balaban J connectivity index is 2.16. The molecule has 1 aliphatic rings. The van der Waals surface area contributed by atoms with Gasteiger partial charge >= 0.3 is 6.18 Å². The summed E-state index contributed by atoms with van der Waals surface area (Å²) in [5.74, 6) is -1.31. The minimum Gasteiger partial charge on any atom is -0.381 e. The molecule has 0 aromatic carbocycles. The van der Waals surface area contributed by atoms with E-state index in [4.69, 9.17) is 0 Å². The van der Waals surface area contributed by atoms with Crippen LogP contribution in [-0.4, -0.2) is 16.8 Å². The number of nitrogens with one attached hydrogen (secondary N) is 1. The molecule has 0 aliphatic heterocycles. The van der Waals surface area contributed by atoms with Crippen molar-refractivity contribution in [1.82, 2.24) is 4.57 Å². The van der Waals surface area contributed by atoms with Gasteiger partial charge in [-0.05, 0) is 25.8 Å². The van der Waals surface area contributed by atoms with Gasteiger partial charge < -0.3 is 9.88 Å². The zero-order chi connectivity index (χ0) is 14.8. The van der Waals surface area contributed by atoms with Gasteiger partial charge in [0.05, 0.1) is 11.6 Å². The second-order valence-corrected chi connectivity index (χ2v) is 5.23. The average Bonchev–Trinajstić information content (AvgIpc) is 2.40. The quantitative estimate of drug-likeness (QED) is 0.925. The Hall–Kier alpha value is -1.46. The molecule has 3 nitrogen and oxygen atoms in total. The number of nitrogens with zero attached hydrogens (tertiary/aromatic N) is 1. The normalized spacial score (nSPS) is 23.6. The molecular formula is C14H19F3N2O. The highest BCUT2D eigenvalue weighted by Gasteiger charge is 2.45. The minimum absolute atomic E-state index is 0.144. The number of pyridine rings is 1. The summed E-state index contributed by atoms with van der Waals surface area (Å²) in [6, 6.07) is 2.33. The summed E-state index contributed by atoms with van der Waals surface area (Å²) in [5.41, 5.74) is 0.432. The van der Waals surface area contributed by atoms with E-state index in [1.54, 1.807) is 12.3 Å². The van der Waals surface area contributed by atoms with E-state index in [0.717, 1.165) is 6.42 Å². The fourth-order valence-corrected chi connectivity index (χ4v) is 2.77. The molecule has 1 heterocycles. The van der Waals surface area contributed by atoms with Crippen molar-refractivity contribution in [2.24, 2.45) is 5.92 Å². The number of aryl methyl sites for hydroxylation is 1. The second kappa shape index (κ2) is 5.89. The Morgan fingerprint density at radius 1 is 1.30 bits per heavy atom. The Morgan fingerprint density at radius 3 is 2.65 bits per heavy atom. The first-order valence-corrected chi connectivity index (χ1v) is 6.95. The minimum atomic E-state index is -4.17. The summed E-state index contributed by atoms with van der Waals surface area (Å²) >= 11 is 0. The third kappa shape index (κ3) is 3.35. The van der Waals surface area contributed by atoms with Crippen molar-refractivity contribution in [3.8, 4) is 0 Å². The second-order valence-electron chi connectivity index (χ2n) is 5.23. The maximum absolute atomic E-state index is 13.0. The van der Waals surface area contributed by atoms with E-state index in [0.29, 0.717) is 25.1 Å². The molecule has 1 aliphatic carbocycles. The van der Waals surface area contributed by atoms with Gasteiger partial charge in [-0.25, -0.2) is 0 Å². The fourth-order valence-electron chi connectivity index (χ4n) is 2.77. The lowest BCUT2D eigenvalue weighted by Crippen LogP contribution is -2.41. The van der Waals surface area contributed by atoms with Crippen LogP contribution in [0.4, 0.5) is 18.9 Å². The zero-order valence-corrected chi connectivity index (χ0v) is 11.4. The monoisotopic (exact) mass is 288 g/mol. The van der Waals surface area contributed by atoms with E-state index in [9.17, 15) is 18.0 Å². The van der Waals surface area contributed by atoms with Crippen LogP contribution in [0.3, 0.4) is 0 Å². The van der Waals surface area contributed by atoms with Crippen molar-refractivity contribution in [3.05, 3.63) is 28.7 Å². The predicted molar refractivity (Wildman–Crippen MR) is 71.8 cm³/mol. The summed E-state index contributed by atoms with van der Waals surface area (Å²) < 4.78 is 40.5. The average molecular weight is 288 g/mol. The maximum Gasteiger partial charge on any atom is 0.393 e. The molecule has 1 aromatic rings. The number of halogens is 3. The summed E-state index contributed by atoms with van der Waals surface area (Å²) in [7, 11) is 0. The highest BCUT2D eigenvalue weighted by atomic mass is 19.4. The Kier molecular flexibility index (Phi) is 4.40. The molecule has 112 valence electrons. The van der Waals surface area contributed by atoms with Crippen molar-refractivity contribution in [2.45, 2.75) is 51.4 Å². The Morgan fingerprint density at radius 2 is 2.00 bits per heavy atom. The Bertz CT molecular complexity index is 510. The molecule has 0 saturated heterocycles. The van der Waals surface area contributed by atoms with Crippen molar-refractivity contribution >= 4 is 5.69 Å². The van der Waals surface area contributed by atoms with Crippen molar-refractivity contribution < 1.29 is 13.2 Å². The third-order valence-corrected chi connectivity index (χ3v) is 3.86. The summed E-state index contributed by atoms with van der Waals surface area (Å²) in [6.45, 7) is 2.33. The van der Waals surface area contributed by atoms with Crippen LogP contribution >= 0.6 is 0 Å². The van der Waals surface area contributed by atoms with Crippen LogP contribution in [0.1, 0.15) is 32.6 Å². The van der Waals surface area contributed by atoms with E-state index in [1.165, 1.54) is 10.6 Å². The number of alkyl halides is 3. The van der Waals surface area contributed by atoms with Gasteiger partial charge in [0.15, 0.2) is 0 Å². The molecule has 6 heteroatoms. The van der Waals surface area contributed by atoms with E-state index in [2.05, 4.69) is 5.32 Å². The van der Waals surface area contributed by atoms with Gasteiger partial charge in [0.25, 0.3) is 5.56 Å². The van der Waals surface area contributed by atoms with Gasteiger partial charge in [-0.1, -0.05) is 12.8 Å². The van der Waals surface area contributed by atoms with Crippen molar-refractivity contribution in [1.29, 1.82) is 0 Å². The van der Waals surface area contributed by atoms with Crippen LogP contribution in [0.25, 0.3) is 0 Å². The summed E-state index contributed by atoms with van der Waals surface area (Å²) in [5, 5.41) is 2.96. The van der Waals surface area contributed by atoms with Crippen LogP contribution in [0.2, 0.25) is 0 Å². The van der Waals surface area contributed by atoms with Gasteiger partial charge in [-0.2, -0.15) is 13.2 Å². The van der Waals surface area contributed by atoms with E-state index >= 15 is 0 Å². The lowest BCUT2D eigenvalue weighted by Gasteiger charge is -2.34. The molecule has 1 N–H and O–H groups in total. The number of hydrogen-bond donors (Lipinski definition) is 1. The highest BCUT2D eigenvalue weighted by molar-refractivity contribution is 5.41. The SMILES string of the molecule is CCn1cc(NC2CCCCC2C(F)(F)F)ccc1=O. The van der Waals surface area contributed by atoms with E-state index in [-0.39, 0.29) is 12.0 Å². The van der Waals surface area contributed by atoms with E-state index < -0.39 is 18.1 Å². The van der Waals surface area contributed by atoms with Gasteiger partial charge in [-0.3, -0.25) is 4.79 Å². The molecule has 0 bridgehead atoms. The van der Waals surface area contributed by atoms with Crippen LogP contribution in [-0.2, 0) is 6.54 Å². The maximum atomic E-state index is 13.0. The lowest BCUT2D eigenvalue weighted by molar-refractivity contribution is -0.184. The first kappa shape index (κ1) is 14.9. The van der Waals surface area contributed by atoms with Crippen LogP contribution < -0.4 is 10.9 Å². The third-order valence-electron chi connectivity index (χ3n) is 3.86. The first-order chi connectivity index (χ1) is 9.41. The predicted octanol–water partition coefficient (Wildman–Crippen LogP) is 3.40. The fraction of sp³-hybridized carbons (Fsp3) is 0.643. The molecule has 20 heavy (non-hydrogen) atoms. The topological polar surface area (TPSA) is 34.0 Å². The summed E-state index contributed by atoms with van der Waals surface area (Å²) in [6.07, 6.45) is -0.472. The van der Waals surface area contributed by atoms with Crippen LogP contribution in [0, 0.1) is 5.92 Å². The number of aromatic nitrogens is 1. The molecule has 2 rings (SSSR count). The van der Waals surface area contributed by atoms with E-state index in [1.807, 2.05) is 6.92 Å². The van der Waals surface area contributed by atoms with Gasteiger partial charge in [0, 0.05) is 24.8 Å². The van der Waals surface area contributed by atoms with Crippen LogP contribution in [0.15, 0.2) is 23.1 Å². The van der Waals surface area contributed by atoms with Crippen molar-refractivity contribution in [3.63, 3.8) is 0 Å². The highest BCUT2D eigenvalue weighted by Crippen LogP contribution is 2.38. The van der Waals surface area contributed by atoms with Gasteiger partial charge in [-0.15, -0.1) is 0 Å². The first-order valence-electron chi connectivity index (χ1n) is 6.95. The number of rotatable bonds is 3. The van der Waals surface area contributed by atoms with Gasteiger partial charge in [0.2, 0.25) is 0 Å². The largest absolute Gasteiger partial charge is 0.393 e. The standard InChI is InChI=1S/C14H19F3N2O/c1-2-19-9-10(7-8-13(19)20)18-12-6-4-3-5-11(12)14(15,16)17/h7-9,11-12,18H,2-6H2,1H3. The number of anilines is 1. The van der Waals surface area contributed by atoms with Crippen LogP contribution in [0.5, 0.6) is 0 Å². The number of hydrogen-bond acceptors (Lipinski definition) is 2. The molecule has 0 spiro atoms. The molecule has 1 saturated carbocycles. The smallest absolute Gasteiger partial charge is 0.381 e. The molecule has 1 fully saturated rings. The van der Waals surface area contributed by atoms with Gasteiger partial charge in [0.1, 0.15) is 0 Å². The molecule has 2 atom stereocenters. The molecule has 0 radical (unpaired) electrons. The molecular weight excluding hydrogens is 269 g/mol. The Labute approximate surface area is 115 Å². The lowest BCUT2D eigenvalue weighted by atomic mass is 9.84. The summed E-state index contributed by atoms with van der Waals surface area (Å²) in [4.78, 5) is 11.5. The molecule has 0 amide bonds. The zero-order valence-electron chi connectivity index (χ0n) is 11.4. The molecule has 1 aromatic heterocycles.